The fourth-order valence-electron chi connectivity index (χ4n) is 1.52. The van der Waals surface area contributed by atoms with Crippen molar-refractivity contribution in [2.24, 2.45) is 5.73 Å². The van der Waals surface area contributed by atoms with Crippen molar-refractivity contribution in [3.63, 3.8) is 0 Å². The molecule has 15 heavy (non-hydrogen) atoms. The van der Waals surface area contributed by atoms with E-state index in [0.29, 0.717) is 0 Å². The molecule has 0 aliphatic carbocycles. The number of nitrogens with zero attached hydrogens (tertiary/aromatic N) is 2. The molecular formula is C11H13N3O. The summed E-state index contributed by atoms with van der Waals surface area (Å²) in [5, 5.41) is 13.9. The van der Waals surface area contributed by atoms with E-state index in [9.17, 15) is 5.11 Å². The van der Waals surface area contributed by atoms with E-state index < -0.39 is 6.10 Å². The van der Waals surface area contributed by atoms with Crippen LogP contribution in [0.2, 0.25) is 0 Å². The number of rotatable bonds is 3. The van der Waals surface area contributed by atoms with Crippen molar-refractivity contribution in [3.8, 4) is 5.69 Å². The van der Waals surface area contributed by atoms with Crippen molar-refractivity contribution in [2.45, 2.75) is 6.10 Å². The molecule has 0 saturated heterocycles. The molecule has 1 aromatic carbocycles. The zero-order valence-electron chi connectivity index (χ0n) is 8.24. The van der Waals surface area contributed by atoms with Crippen LogP contribution in [0.5, 0.6) is 0 Å². The molecule has 0 aliphatic heterocycles. The van der Waals surface area contributed by atoms with Gasteiger partial charge in [0, 0.05) is 24.5 Å². The Bertz CT molecular complexity index is 425. The van der Waals surface area contributed by atoms with Crippen molar-refractivity contribution < 1.29 is 5.11 Å². The van der Waals surface area contributed by atoms with Crippen molar-refractivity contribution >= 4 is 0 Å². The second-order valence-electron chi connectivity index (χ2n) is 3.26. The van der Waals surface area contributed by atoms with Crippen molar-refractivity contribution in [1.82, 2.24) is 9.78 Å². The van der Waals surface area contributed by atoms with Crippen LogP contribution in [0.4, 0.5) is 0 Å². The summed E-state index contributed by atoms with van der Waals surface area (Å²) in [6.07, 6.45) is 2.89. The van der Waals surface area contributed by atoms with Gasteiger partial charge in [-0.2, -0.15) is 5.10 Å². The first-order chi connectivity index (χ1) is 7.33. The minimum atomic E-state index is -0.648. The molecule has 0 radical (unpaired) electrons. The van der Waals surface area contributed by atoms with Gasteiger partial charge >= 0.3 is 0 Å². The average Bonchev–Trinajstić information content (AvgIpc) is 2.81. The Morgan fingerprint density at radius 1 is 1.33 bits per heavy atom. The van der Waals surface area contributed by atoms with Gasteiger partial charge in [0.15, 0.2) is 0 Å². The van der Waals surface area contributed by atoms with Gasteiger partial charge in [-0.1, -0.05) is 18.2 Å². The molecule has 1 heterocycles. The van der Waals surface area contributed by atoms with Gasteiger partial charge in [0.05, 0.1) is 11.8 Å². The highest BCUT2D eigenvalue weighted by atomic mass is 16.3. The Morgan fingerprint density at radius 2 is 2.13 bits per heavy atom. The number of benzene rings is 1. The first kappa shape index (κ1) is 9.89. The van der Waals surface area contributed by atoms with Crippen LogP contribution in [0.25, 0.3) is 5.69 Å². The second kappa shape index (κ2) is 4.25. The van der Waals surface area contributed by atoms with E-state index in [0.717, 1.165) is 11.3 Å². The number of hydrogen-bond acceptors (Lipinski definition) is 3. The summed E-state index contributed by atoms with van der Waals surface area (Å²) in [4.78, 5) is 0. The summed E-state index contributed by atoms with van der Waals surface area (Å²) >= 11 is 0. The fourth-order valence-corrected chi connectivity index (χ4v) is 1.52. The van der Waals surface area contributed by atoms with E-state index in [4.69, 9.17) is 5.73 Å². The van der Waals surface area contributed by atoms with Crippen molar-refractivity contribution in [2.75, 3.05) is 6.54 Å². The van der Waals surface area contributed by atoms with Gasteiger partial charge in [-0.25, -0.2) is 4.68 Å². The van der Waals surface area contributed by atoms with Crippen LogP contribution in [0.15, 0.2) is 42.7 Å². The van der Waals surface area contributed by atoms with Crippen LogP contribution < -0.4 is 5.73 Å². The third kappa shape index (κ3) is 1.91. The van der Waals surface area contributed by atoms with Crippen LogP contribution in [-0.4, -0.2) is 21.4 Å². The van der Waals surface area contributed by atoms with Crippen molar-refractivity contribution in [3.05, 3.63) is 48.3 Å². The molecule has 1 atom stereocenters. The van der Waals surface area contributed by atoms with E-state index in [1.165, 1.54) is 0 Å². The number of hydrogen-bond donors (Lipinski definition) is 2. The lowest BCUT2D eigenvalue weighted by Crippen LogP contribution is -2.14. The second-order valence-corrected chi connectivity index (χ2v) is 3.26. The zero-order chi connectivity index (χ0) is 10.7. The lowest BCUT2D eigenvalue weighted by atomic mass is 10.1. The van der Waals surface area contributed by atoms with Crippen LogP contribution in [0.1, 0.15) is 11.7 Å². The Labute approximate surface area is 88.0 Å². The molecule has 0 aliphatic rings. The first-order valence-electron chi connectivity index (χ1n) is 4.80. The average molecular weight is 203 g/mol. The zero-order valence-corrected chi connectivity index (χ0v) is 8.24. The van der Waals surface area contributed by atoms with Gasteiger partial charge in [0.1, 0.15) is 0 Å². The number of aromatic nitrogens is 2. The minimum Gasteiger partial charge on any atom is -0.387 e. The predicted octanol–water partition coefficient (Wildman–Crippen LogP) is 0.864. The molecule has 0 fully saturated rings. The van der Waals surface area contributed by atoms with Gasteiger partial charge in [0.25, 0.3) is 0 Å². The highest BCUT2D eigenvalue weighted by Gasteiger charge is 2.11. The third-order valence-electron chi connectivity index (χ3n) is 2.27. The Balaban J connectivity index is 2.47. The van der Waals surface area contributed by atoms with E-state index in [1.54, 1.807) is 10.9 Å². The normalized spacial score (nSPS) is 12.7. The lowest BCUT2D eigenvalue weighted by Gasteiger charge is -2.13. The summed E-state index contributed by atoms with van der Waals surface area (Å²) in [5.41, 5.74) is 7.10. The van der Waals surface area contributed by atoms with Gasteiger partial charge in [-0.15, -0.1) is 0 Å². The molecule has 4 nitrogen and oxygen atoms in total. The molecular weight excluding hydrogens is 190 g/mol. The predicted molar refractivity (Wildman–Crippen MR) is 57.6 cm³/mol. The first-order valence-corrected chi connectivity index (χ1v) is 4.80. The van der Waals surface area contributed by atoms with Gasteiger partial charge < -0.3 is 10.8 Å². The molecule has 0 unspecified atom stereocenters. The standard InChI is InChI=1S/C11H13N3O/c12-8-11(15)9-4-1-2-5-10(9)14-7-3-6-13-14/h1-7,11,15H,8,12H2/t11-/m0/s1. The largest absolute Gasteiger partial charge is 0.387 e. The maximum atomic E-state index is 9.74. The summed E-state index contributed by atoms with van der Waals surface area (Å²) in [5.74, 6) is 0. The molecule has 3 N–H and O–H groups in total. The Hall–Kier alpha value is -1.65. The van der Waals surface area contributed by atoms with E-state index in [1.807, 2.05) is 36.5 Å². The highest BCUT2D eigenvalue weighted by molar-refractivity contribution is 5.41. The van der Waals surface area contributed by atoms with Gasteiger partial charge in [-0.05, 0) is 12.1 Å². The van der Waals surface area contributed by atoms with Crippen molar-refractivity contribution in [1.29, 1.82) is 0 Å². The fraction of sp³-hybridized carbons (Fsp3) is 0.182. The summed E-state index contributed by atoms with van der Waals surface area (Å²) in [6.45, 7) is 0.207. The molecule has 78 valence electrons. The number of aliphatic hydroxyl groups is 1. The van der Waals surface area contributed by atoms with E-state index >= 15 is 0 Å². The maximum Gasteiger partial charge on any atom is 0.0933 e. The Kier molecular flexibility index (Phi) is 2.80. The van der Waals surface area contributed by atoms with Gasteiger partial charge in [-0.3, -0.25) is 0 Å². The summed E-state index contributed by atoms with van der Waals surface area (Å²) in [7, 11) is 0. The monoisotopic (exact) mass is 203 g/mol. The molecule has 4 heteroatoms. The minimum absolute atomic E-state index is 0.207. The number of nitrogens with two attached hydrogens (primary N) is 1. The molecule has 1 aromatic heterocycles. The third-order valence-corrected chi connectivity index (χ3v) is 2.27. The summed E-state index contributed by atoms with van der Waals surface area (Å²) < 4.78 is 1.72. The highest BCUT2D eigenvalue weighted by Crippen LogP contribution is 2.19. The van der Waals surface area contributed by atoms with Crippen LogP contribution in [-0.2, 0) is 0 Å². The molecule has 2 rings (SSSR count). The van der Waals surface area contributed by atoms with E-state index in [2.05, 4.69) is 5.10 Å². The van der Waals surface area contributed by atoms with E-state index in [-0.39, 0.29) is 6.54 Å². The lowest BCUT2D eigenvalue weighted by molar-refractivity contribution is 0.186. The molecule has 2 aromatic rings. The smallest absolute Gasteiger partial charge is 0.0933 e. The molecule has 0 saturated carbocycles. The number of para-hydroxylation sites is 1. The molecule has 0 bridgehead atoms. The Morgan fingerprint density at radius 3 is 2.80 bits per heavy atom. The maximum absolute atomic E-state index is 9.74. The van der Waals surface area contributed by atoms with Crippen LogP contribution in [0.3, 0.4) is 0 Å². The molecule has 0 amide bonds. The van der Waals surface area contributed by atoms with Crippen LogP contribution >= 0.6 is 0 Å². The quantitative estimate of drug-likeness (QED) is 0.777. The SMILES string of the molecule is NC[C@H](O)c1ccccc1-n1cccn1. The number of aliphatic hydroxyl groups excluding tert-OH is 1. The summed E-state index contributed by atoms with van der Waals surface area (Å²) in [6, 6.07) is 9.38. The van der Waals surface area contributed by atoms with Gasteiger partial charge in [0.2, 0.25) is 0 Å². The van der Waals surface area contributed by atoms with Crippen LogP contribution in [0, 0.1) is 0 Å². The molecule has 0 spiro atoms. The topological polar surface area (TPSA) is 64.1 Å².